The number of ether oxygens (including phenoxy) is 1. The first-order valence-electron chi connectivity index (χ1n) is 8.80. The molecule has 0 fully saturated rings. The third-order valence-electron chi connectivity index (χ3n) is 4.18. The van der Waals surface area contributed by atoms with Crippen LogP contribution < -0.4 is 10.1 Å². The van der Waals surface area contributed by atoms with Gasteiger partial charge in [-0.15, -0.1) is 0 Å². The number of halogens is 2. The van der Waals surface area contributed by atoms with Gasteiger partial charge in [-0.05, 0) is 42.5 Å². The van der Waals surface area contributed by atoms with E-state index in [1.165, 1.54) is 0 Å². The van der Waals surface area contributed by atoms with Gasteiger partial charge in [-0.2, -0.15) is 4.98 Å². The molecule has 2 heterocycles. The number of hydrogen-bond donors (Lipinski definition) is 1. The summed E-state index contributed by atoms with van der Waals surface area (Å²) < 4.78 is 11.4. The van der Waals surface area contributed by atoms with Gasteiger partial charge in [0.25, 0.3) is 0 Å². The third-order valence-corrected chi connectivity index (χ3v) is 4.73. The van der Waals surface area contributed by atoms with Crippen LogP contribution in [0, 0.1) is 0 Å². The van der Waals surface area contributed by atoms with E-state index in [2.05, 4.69) is 20.4 Å². The average Bonchev–Trinajstić information content (AvgIpc) is 3.20. The Kier molecular flexibility index (Phi) is 5.64. The predicted molar refractivity (Wildman–Crippen MR) is 113 cm³/mol. The molecule has 0 aliphatic heterocycles. The van der Waals surface area contributed by atoms with Crippen molar-refractivity contribution in [1.29, 1.82) is 0 Å². The van der Waals surface area contributed by atoms with Crippen LogP contribution in [0.1, 0.15) is 11.5 Å². The van der Waals surface area contributed by atoms with Gasteiger partial charge in [0, 0.05) is 23.8 Å². The standard InChI is InChI=1S/C21H16Cl2N4O2/c1-24-20-16(5-3-11-25-20)21-26-18(29-27-21)12-13-4-2-6-17(23)19(13)28-15-9-7-14(22)8-10-15/h2-11H,12H2,1H3,(H,24,25). The van der Waals surface area contributed by atoms with Crippen molar-refractivity contribution in [3.05, 3.63) is 82.3 Å². The molecule has 0 aliphatic rings. The van der Waals surface area contributed by atoms with Gasteiger partial charge < -0.3 is 14.6 Å². The molecule has 2 aromatic heterocycles. The fourth-order valence-corrected chi connectivity index (χ4v) is 3.17. The Morgan fingerprint density at radius 2 is 1.86 bits per heavy atom. The topological polar surface area (TPSA) is 73.1 Å². The number of benzene rings is 2. The summed E-state index contributed by atoms with van der Waals surface area (Å²) in [7, 11) is 1.79. The zero-order chi connectivity index (χ0) is 20.2. The van der Waals surface area contributed by atoms with Crippen molar-refractivity contribution < 1.29 is 9.26 Å². The normalized spacial score (nSPS) is 10.7. The molecule has 0 saturated carbocycles. The summed E-state index contributed by atoms with van der Waals surface area (Å²) in [6.07, 6.45) is 2.06. The molecule has 2 aromatic carbocycles. The van der Waals surface area contributed by atoms with Gasteiger partial charge in [-0.25, -0.2) is 4.98 Å². The maximum atomic E-state index is 6.38. The molecule has 0 amide bonds. The molecule has 4 aromatic rings. The number of aromatic nitrogens is 3. The lowest BCUT2D eigenvalue weighted by Gasteiger charge is -2.12. The van der Waals surface area contributed by atoms with Crippen LogP contribution in [0.25, 0.3) is 11.4 Å². The molecule has 1 N–H and O–H groups in total. The van der Waals surface area contributed by atoms with Crippen LogP contribution in [0.3, 0.4) is 0 Å². The number of hydrogen-bond acceptors (Lipinski definition) is 6. The number of para-hydroxylation sites is 1. The molecular weight excluding hydrogens is 411 g/mol. The summed E-state index contributed by atoms with van der Waals surface area (Å²) in [6.45, 7) is 0. The van der Waals surface area contributed by atoms with E-state index in [9.17, 15) is 0 Å². The molecule has 8 heteroatoms. The van der Waals surface area contributed by atoms with Gasteiger partial charge in [0.1, 0.15) is 17.3 Å². The first-order chi connectivity index (χ1) is 14.1. The summed E-state index contributed by atoms with van der Waals surface area (Å²) in [5.41, 5.74) is 1.58. The van der Waals surface area contributed by atoms with Crippen LogP contribution in [-0.4, -0.2) is 22.2 Å². The lowest BCUT2D eigenvalue weighted by molar-refractivity contribution is 0.383. The Balaban J connectivity index is 1.61. The molecule has 0 atom stereocenters. The molecule has 0 spiro atoms. The van der Waals surface area contributed by atoms with Crippen LogP contribution in [0.2, 0.25) is 10.0 Å². The van der Waals surface area contributed by atoms with Crippen molar-refractivity contribution in [2.45, 2.75) is 6.42 Å². The van der Waals surface area contributed by atoms with Crippen molar-refractivity contribution in [2.24, 2.45) is 0 Å². The summed E-state index contributed by atoms with van der Waals surface area (Å²) in [5.74, 6) is 2.74. The highest BCUT2D eigenvalue weighted by Crippen LogP contribution is 2.35. The number of nitrogens with zero attached hydrogens (tertiary/aromatic N) is 3. The van der Waals surface area contributed by atoms with Crippen LogP contribution in [0.4, 0.5) is 5.82 Å². The van der Waals surface area contributed by atoms with E-state index in [0.717, 1.165) is 11.1 Å². The smallest absolute Gasteiger partial charge is 0.231 e. The SMILES string of the molecule is CNc1ncccc1-c1noc(Cc2cccc(Cl)c2Oc2ccc(Cl)cc2)n1. The lowest BCUT2D eigenvalue weighted by Crippen LogP contribution is -1.97. The van der Waals surface area contributed by atoms with Gasteiger partial charge in [0.15, 0.2) is 0 Å². The van der Waals surface area contributed by atoms with Crippen LogP contribution in [0.5, 0.6) is 11.5 Å². The quantitative estimate of drug-likeness (QED) is 0.415. The summed E-state index contributed by atoms with van der Waals surface area (Å²) in [5, 5.41) is 8.22. The van der Waals surface area contributed by atoms with Crippen LogP contribution in [0.15, 0.2) is 65.3 Å². The van der Waals surface area contributed by atoms with Crippen molar-refractivity contribution in [2.75, 3.05) is 12.4 Å². The summed E-state index contributed by atoms with van der Waals surface area (Å²) >= 11 is 12.3. The lowest BCUT2D eigenvalue weighted by atomic mass is 10.1. The molecule has 4 rings (SSSR count). The Morgan fingerprint density at radius 1 is 1.03 bits per heavy atom. The van der Waals surface area contributed by atoms with E-state index in [1.54, 1.807) is 43.6 Å². The van der Waals surface area contributed by atoms with E-state index < -0.39 is 0 Å². The maximum Gasteiger partial charge on any atom is 0.231 e. The molecule has 0 aliphatic carbocycles. The second-order valence-electron chi connectivity index (χ2n) is 6.12. The third kappa shape index (κ3) is 4.34. The highest BCUT2D eigenvalue weighted by Gasteiger charge is 2.16. The highest BCUT2D eigenvalue weighted by atomic mass is 35.5. The monoisotopic (exact) mass is 426 g/mol. The number of nitrogens with one attached hydrogen (secondary N) is 1. The molecule has 0 radical (unpaired) electrons. The summed E-state index contributed by atoms with van der Waals surface area (Å²) in [4.78, 5) is 8.77. The fraction of sp³-hybridized carbons (Fsp3) is 0.0952. The number of anilines is 1. The van der Waals surface area contributed by atoms with Gasteiger partial charge in [-0.1, -0.05) is 40.5 Å². The molecule has 6 nitrogen and oxygen atoms in total. The zero-order valence-electron chi connectivity index (χ0n) is 15.4. The minimum atomic E-state index is 0.367. The number of pyridine rings is 1. The molecule has 29 heavy (non-hydrogen) atoms. The Bertz CT molecular complexity index is 1130. The van der Waals surface area contributed by atoms with E-state index >= 15 is 0 Å². The summed E-state index contributed by atoms with van der Waals surface area (Å²) in [6, 6.07) is 16.3. The van der Waals surface area contributed by atoms with E-state index in [-0.39, 0.29) is 0 Å². The van der Waals surface area contributed by atoms with Crippen LogP contribution >= 0.6 is 23.2 Å². The Hall–Kier alpha value is -3.09. The van der Waals surface area contributed by atoms with Crippen molar-refractivity contribution >= 4 is 29.0 Å². The first kappa shape index (κ1) is 19.2. The molecular formula is C21H16Cl2N4O2. The van der Waals surface area contributed by atoms with Crippen molar-refractivity contribution in [3.8, 4) is 22.9 Å². The predicted octanol–water partition coefficient (Wildman–Crippen LogP) is 5.86. The van der Waals surface area contributed by atoms with Crippen molar-refractivity contribution in [1.82, 2.24) is 15.1 Å². The first-order valence-corrected chi connectivity index (χ1v) is 9.56. The molecule has 0 unspecified atom stereocenters. The Labute approximate surface area is 177 Å². The largest absolute Gasteiger partial charge is 0.456 e. The second-order valence-corrected chi connectivity index (χ2v) is 6.97. The number of rotatable bonds is 6. The van der Waals surface area contributed by atoms with Gasteiger partial charge in [-0.3, -0.25) is 0 Å². The van der Waals surface area contributed by atoms with Gasteiger partial charge >= 0.3 is 0 Å². The molecule has 0 bridgehead atoms. The minimum Gasteiger partial charge on any atom is -0.456 e. The Morgan fingerprint density at radius 3 is 2.66 bits per heavy atom. The van der Waals surface area contributed by atoms with E-state index in [4.69, 9.17) is 32.5 Å². The fourth-order valence-electron chi connectivity index (χ4n) is 2.81. The van der Waals surface area contributed by atoms with Crippen molar-refractivity contribution in [3.63, 3.8) is 0 Å². The molecule has 0 saturated heterocycles. The maximum absolute atomic E-state index is 6.38. The van der Waals surface area contributed by atoms with Gasteiger partial charge in [0.2, 0.25) is 11.7 Å². The zero-order valence-corrected chi connectivity index (χ0v) is 16.9. The minimum absolute atomic E-state index is 0.367. The van der Waals surface area contributed by atoms with Gasteiger partial charge in [0.05, 0.1) is 17.0 Å². The second kappa shape index (κ2) is 8.51. The van der Waals surface area contributed by atoms with Crippen LogP contribution in [-0.2, 0) is 6.42 Å². The van der Waals surface area contributed by atoms with E-state index in [1.807, 2.05) is 24.3 Å². The molecule has 146 valence electrons. The van der Waals surface area contributed by atoms with E-state index in [0.29, 0.717) is 45.5 Å². The average molecular weight is 427 g/mol. The highest BCUT2D eigenvalue weighted by molar-refractivity contribution is 6.32.